The molecule has 0 saturated carbocycles. The maximum Gasteiger partial charge on any atom is 0.331 e. The molecule has 0 aliphatic carbocycles. The Morgan fingerprint density at radius 2 is 1.80 bits per heavy atom. The Morgan fingerprint density at radius 1 is 1.25 bits per heavy atom. The van der Waals surface area contributed by atoms with E-state index >= 15 is 0 Å². The Labute approximate surface area is 125 Å². The molecule has 0 radical (unpaired) electrons. The maximum absolute atomic E-state index is 12.0. The van der Waals surface area contributed by atoms with Crippen LogP contribution >= 0.6 is 12.4 Å². The van der Waals surface area contributed by atoms with Crippen LogP contribution < -0.4 is 11.1 Å². The third kappa shape index (κ3) is 4.83. The summed E-state index contributed by atoms with van der Waals surface area (Å²) in [4.78, 5) is 23.7. The van der Waals surface area contributed by atoms with Gasteiger partial charge in [0.05, 0.1) is 6.61 Å². The molecule has 1 aromatic rings. The van der Waals surface area contributed by atoms with Crippen LogP contribution in [0.1, 0.15) is 36.7 Å². The van der Waals surface area contributed by atoms with Gasteiger partial charge in [-0.25, -0.2) is 4.79 Å². The van der Waals surface area contributed by atoms with Crippen LogP contribution in [0.25, 0.3) is 0 Å². The Morgan fingerprint density at radius 3 is 2.25 bits per heavy atom. The topological polar surface area (TPSA) is 81.4 Å². The van der Waals surface area contributed by atoms with Crippen LogP contribution in [0.2, 0.25) is 0 Å². The van der Waals surface area contributed by atoms with E-state index in [1.54, 1.807) is 45.0 Å². The van der Waals surface area contributed by atoms with E-state index in [4.69, 9.17) is 10.5 Å². The summed E-state index contributed by atoms with van der Waals surface area (Å²) in [5.41, 5.74) is 5.86. The number of ether oxygens (including phenoxy) is 1. The molecule has 0 bridgehead atoms. The summed E-state index contributed by atoms with van der Waals surface area (Å²) in [6.07, 6.45) is 0. The van der Waals surface area contributed by atoms with E-state index in [9.17, 15) is 9.59 Å². The SMILES string of the molecule is CCOC(=O)C(C)(C)NC(=O)c1ccc(CN)cc1.Cl. The molecule has 0 heterocycles. The van der Waals surface area contributed by atoms with Crippen LogP contribution in [-0.4, -0.2) is 24.0 Å². The molecule has 0 aliphatic heterocycles. The van der Waals surface area contributed by atoms with E-state index in [1.807, 2.05) is 0 Å². The Hall–Kier alpha value is -1.59. The predicted octanol–water partition coefficient (Wildman–Crippen LogP) is 1.64. The minimum Gasteiger partial charge on any atom is -0.464 e. The zero-order valence-electron chi connectivity index (χ0n) is 11.9. The van der Waals surface area contributed by atoms with E-state index in [-0.39, 0.29) is 24.9 Å². The van der Waals surface area contributed by atoms with E-state index in [2.05, 4.69) is 5.32 Å². The third-order valence-electron chi connectivity index (χ3n) is 2.66. The molecule has 0 unspecified atom stereocenters. The lowest BCUT2D eigenvalue weighted by Crippen LogP contribution is -2.50. The highest BCUT2D eigenvalue weighted by atomic mass is 35.5. The molecule has 1 rings (SSSR count). The van der Waals surface area contributed by atoms with Crippen molar-refractivity contribution in [3.05, 3.63) is 35.4 Å². The van der Waals surface area contributed by atoms with Gasteiger partial charge in [0.1, 0.15) is 5.54 Å². The number of hydrogen-bond acceptors (Lipinski definition) is 4. The molecular weight excluding hydrogens is 280 g/mol. The zero-order valence-corrected chi connectivity index (χ0v) is 12.8. The first kappa shape index (κ1) is 18.4. The monoisotopic (exact) mass is 300 g/mol. The van der Waals surface area contributed by atoms with E-state index in [0.29, 0.717) is 12.1 Å². The Balaban J connectivity index is 0.00000361. The minimum atomic E-state index is -1.06. The van der Waals surface area contributed by atoms with Crippen molar-refractivity contribution in [3.63, 3.8) is 0 Å². The number of nitrogens with one attached hydrogen (secondary N) is 1. The first-order valence-corrected chi connectivity index (χ1v) is 6.19. The van der Waals surface area contributed by atoms with Crippen LogP contribution in [0.15, 0.2) is 24.3 Å². The molecule has 5 nitrogen and oxygen atoms in total. The van der Waals surface area contributed by atoms with Gasteiger partial charge < -0.3 is 15.8 Å². The van der Waals surface area contributed by atoms with Crippen LogP contribution in [-0.2, 0) is 16.1 Å². The predicted molar refractivity (Wildman–Crippen MR) is 79.8 cm³/mol. The fourth-order valence-electron chi connectivity index (χ4n) is 1.51. The molecule has 0 saturated heterocycles. The normalized spacial score (nSPS) is 10.4. The first-order chi connectivity index (χ1) is 8.90. The van der Waals surface area contributed by atoms with E-state index in [0.717, 1.165) is 5.56 Å². The van der Waals surface area contributed by atoms with E-state index in [1.165, 1.54) is 0 Å². The molecule has 1 amide bonds. The number of benzene rings is 1. The number of esters is 1. The quantitative estimate of drug-likeness (QED) is 0.810. The van der Waals surface area contributed by atoms with Crippen LogP contribution in [0.3, 0.4) is 0 Å². The molecule has 112 valence electrons. The number of nitrogens with two attached hydrogens (primary N) is 1. The molecule has 6 heteroatoms. The summed E-state index contributed by atoms with van der Waals surface area (Å²) >= 11 is 0. The minimum absolute atomic E-state index is 0. The number of hydrogen-bond donors (Lipinski definition) is 2. The summed E-state index contributed by atoms with van der Waals surface area (Å²) in [5, 5.41) is 2.65. The summed E-state index contributed by atoms with van der Waals surface area (Å²) in [6, 6.07) is 6.93. The van der Waals surface area contributed by atoms with Crippen LogP contribution in [0.5, 0.6) is 0 Å². The summed E-state index contributed by atoms with van der Waals surface area (Å²) < 4.78 is 4.91. The van der Waals surface area contributed by atoms with Crippen molar-refractivity contribution in [3.8, 4) is 0 Å². The number of carbonyl (C=O) groups is 2. The van der Waals surface area contributed by atoms with Crippen molar-refractivity contribution in [1.29, 1.82) is 0 Å². The summed E-state index contributed by atoms with van der Waals surface area (Å²) in [6.45, 7) is 5.65. The molecule has 0 atom stereocenters. The second-order valence-corrected chi connectivity index (χ2v) is 4.70. The summed E-state index contributed by atoms with van der Waals surface area (Å²) in [5.74, 6) is -0.774. The smallest absolute Gasteiger partial charge is 0.331 e. The standard InChI is InChI=1S/C14H20N2O3.ClH/c1-4-19-13(18)14(2,3)16-12(17)11-7-5-10(9-15)6-8-11;/h5-8H,4,9,15H2,1-3H3,(H,16,17);1H. The lowest BCUT2D eigenvalue weighted by molar-refractivity contribution is -0.149. The lowest BCUT2D eigenvalue weighted by Gasteiger charge is -2.23. The number of carbonyl (C=O) groups excluding carboxylic acids is 2. The average molecular weight is 301 g/mol. The molecule has 0 fully saturated rings. The van der Waals surface area contributed by atoms with Gasteiger partial charge in [0.15, 0.2) is 0 Å². The number of amides is 1. The molecule has 0 aromatic heterocycles. The van der Waals surface area contributed by atoms with Gasteiger partial charge in [-0.15, -0.1) is 12.4 Å². The van der Waals surface area contributed by atoms with Crippen LogP contribution in [0, 0.1) is 0 Å². The van der Waals surface area contributed by atoms with Gasteiger partial charge in [-0.1, -0.05) is 12.1 Å². The second-order valence-electron chi connectivity index (χ2n) is 4.70. The molecular formula is C14H21ClN2O3. The van der Waals surface area contributed by atoms with Crippen molar-refractivity contribution in [2.24, 2.45) is 5.73 Å². The number of rotatable bonds is 5. The Bertz CT molecular complexity index is 458. The van der Waals surface area contributed by atoms with Crippen molar-refractivity contribution in [2.45, 2.75) is 32.9 Å². The van der Waals surface area contributed by atoms with Crippen molar-refractivity contribution in [2.75, 3.05) is 6.61 Å². The molecule has 1 aromatic carbocycles. The van der Waals surface area contributed by atoms with Gasteiger partial charge in [-0.05, 0) is 38.5 Å². The largest absolute Gasteiger partial charge is 0.464 e. The van der Waals surface area contributed by atoms with Gasteiger partial charge in [0.25, 0.3) is 5.91 Å². The number of halogens is 1. The second kappa shape index (κ2) is 7.87. The summed E-state index contributed by atoms with van der Waals surface area (Å²) in [7, 11) is 0. The molecule has 0 aliphatic rings. The van der Waals surface area contributed by atoms with Crippen molar-refractivity contribution < 1.29 is 14.3 Å². The lowest BCUT2D eigenvalue weighted by atomic mass is 10.0. The van der Waals surface area contributed by atoms with Gasteiger partial charge in [0.2, 0.25) is 0 Å². The highest BCUT2D eigenvalue weighted by molar-refractivity contribution is 5.97. The molecule has 0 spiro atoms. The third-order valence-corrected chi connectivity index (χ3v) is 2.66. The van der Waals surface area contributed by atoms with Gasteiger partial charge in [-0.3, -0.25) is 4.79 Å². The van der Waals surface area contributed by atoms with Crippen molar-refractivity contribution in [1.82, 2.24) is 5.32 Å². The fraction of sp³-hybridized carbons (Fsp3) is 0.429. The zero-order chi connectivity index (χ0) is 14.5. The fourth-order valence-corrected chi connectivity index (χ4v) is 1.51. The van der Waals surface area contributed by atoms with E-state index < -0.39 is 11.5 Å². The highest BCUT2D eigenvalue weighted by Crippen LogP contribution is 2.09. The highest BCUT2D eigenvalue weighted by Gasteiger charge is 2.31. The molecule has 3 N–H and O–H groups in total. The molecule has 20 heavy (non-hydrogen) atoms. The average Bonchev–Trinajstić information content (AvgIpc) is 2.38. The maximum atomic E-state index is 12.0. The first-order valence-electron chi connectivity index (χ1n) is 6.19. The van der Waals surface area contributed by atoms with Crippen molar-refractivity contribution >= 4 is 24.3 Å². The van der Waals surface area contributed by atoms with Gasteiger partial charge in [-0.2, -0.15) is 0 Å². The Kier molecular flexibility index (Phi) is 7.24. The van der Waals surface area contributed by atoms with Gasteiger partial charge >= 0.3 is 5.97 Å². The van der Waals surface area contributed by atoms with Gasteiger partial charge in [0, 0.05) is 12.1 Å². The van der Waals surface area contributed by atoms with Crippen LogP contribution in [0.4, 0.5) is 0 Å².